The Morgan fingerprint density at radius 2 is 2.44 bits per heavy atom. The van der Waals surface area contributed by atoms with Crippen molar-refractivity contribution in [2.45, 2.75) is 6.42 Å². The maximum Gasteiger partial charge on any atom is 0.307 e. The van der Waals surface area contributed by atoms with E-state index in [1.165, 1.54) is 0 Å². The smallest absolute Gasteiger partial charge is 0.307 e. The molecule has 2 aliphatic carbocycles. The Labute approximate surface area is 53.2 Å². The van der Waals surface area contributed by atoms with Crippen molar-refractivity contribution in [3.8, 4) is 0 Å². The molecule has 0 amide bonds. The number of allylic oxidation sites excluding steroid dienone is 2. The zero-order valence-corrected chi connectivity index (χ0v) is 4.95. The van der Waals surface area contributed by atoms with Crippen molar-refractivity contribution in [3.05, 3.63) is 12.2 Å². The minimum atomic E-state index is -0.616. The topological polar surface area (TPSA) is 37.3 Å². The number of carboxylic acid groups (broad SMARTS) is 1. The van der Waals surface area contributed by atoms with Crippen LogP contribution in [0.5, 0.6) is 0 Å². The van der Waals surface area contributed by atoms with Crippen LogP contribution in [-0.4, -0.2) is 11.1 Å². The summed E-state index contributed by atoms with van der Waals surface area (Å²) in [6, 6.07) is 0. The molecule has 0 unspecified atom stereocenters. The number of fused-ring (bicyclic) bond motifs is 1. The molecule has 1 fully saturated rings. The van der Waals surface area contributed by atoms with Gasteiger partial charge in [-0.25, -0.2) is 0 Å². The van der Waals surface area contributed by atoms with E-state index in [2.05, 4.69) is 6.08 Å². The van der Waals surface area contributed by atoms with Crippen molar-refractivity contribution in [2.75, 3.05) is 0 Å². The van der Waals surface area contributed by atoms with E-state index in [0.717, 1.165) is 6.42 Å². The van der Waals surface area contributed by atoms with Gasteiger partial charge in [-0.15, -0.1) is 0 Å². The van der Waals surface area contributed by atoms with E-state index in [0.29, 0.717) is 11.8 Å². The Morgan fingerprint density at radius 1 is 1.67 bits per heavy atom. The molecule has 0 saturated heterocycles. The minimum Gasteiger partial charge on any atom is -0.481 e. The molecule has 48 valence electrons. The molecule has 0 aromatic carbocycles. The first-order valence-corrected chi connectivity index (χ1v) is 3.20. The summed E-state index contributed by atoms with van der Waals surface area (Å²) in [5.74, 6) is 0.203. The van der Waals surface area contributed by atoms with E-state index in [9.17, 15) is 4.79 Å². The lowest BCUT2D eigenvalue weighted by Crippen LogP contribution is -2.00. The van der Waals surface area contributed by atoms with E-state index in [-0.39, 0.29) is 5.92 Å². The first kappa shape index (κ1) is 5.03. The molecule has 2 nitrogen and oxygen atoms in total. The number of rotatable bonds is 1. The third-order valence-corrected chi connectivity index (χ3v) is 2.28. The number of hydrogen-bond acceptors (Lipinski definition) is 1. The van der Waals surface area contributed by atoms with Gasteiger partial charge in [-0.2, -0.15) is 0 Å². The quantitative estimate of drug-likeness (QED) is 0.527. The van der Waals surface area contributed by atoms with Crippen molar-refractivity contribution >= 4 is 5.97 Å². The Balaban J connectivity index is 2.10. The average molecular weight is 124 g/mol. The monoisotopic (exact) mass is 124 g/mol. The number of aliphatic carboxylic acids is 1. The van der Waals surface area contributed by atoms with Crippen LogP contribution < -0.4 is 0 Å². The van der Waals surface area contributed by atoms with Crippen LogP contribution in [0.25, 0.3) is 0 Å². The van der Waals surface area contributed by atoms with E-state index in [4.69, 9.17) is 5.11 Å². The molecule has 0 aromatic rings. The van der Waals surface area contributed by atoms with Gasteiger partial charge in [-0.1, -0.05) is 12.2 Å². The van der Waals surface area contributed by atoms with Gasteiger partial charge in [-0.3, -0.25) is 4.79 Å². The molecule has 2 rings (SSSR count). The van der Waals surface area contributed by atoms with Crippen molar-refractivity contribution < 1.29 is 9.90 Å². The predicted molar refractivity (Wildman–Crippen MR) is 31.9 cm³/mol. The highest BCUT2D eigenvalue weighted by molar-refractivity contribution is 5.75. The Hall–Kier alpha value is -0.790. The van der Waals surface area contributed by atoms with Gasteiger partial charge >= 0.3 is 5.97 Å². The number of carboxylic acids is 1. The summed E-state index contributed by atoms with van der Waals surface area (Å²) in [5.41, 5.74) is 0. The maximum atomic E-state index is 10.3. The fourth-order valence-electron chi connectivity index (χ4n) is 1.71. The van der Waals surface area contributed by atoms with E-state index < -0.39 is 5.97 Å². The predicted octanol–water partition coefficient (Wildman–Crippen LogP) is 0.893. The summed E-state index contributed by atoms with van der Waals surface area (Å²) in [5, 5.41) is 8.53. The lowest BCUT2D eigenvalue weighted by atomic mass is 10.2. The van der Waals surface area contributed by atoms with E-state index in [1.54, 1.807) is 0 Å². The molecule has 2 aliphatic rings. The van der Waals surface area contributed by atoms with Crippen LogP contribution in [0.4, 0.5) is 0 Å². The first-order valence-electron chi connectivity index (χ1n) is 3.20. The molecule has 9 heavy (non-hydrogen) atoms. The van der Waals surface area contributed by atoms with Gasteiger partial charge in [0.15, 0.2) is 0 Å². The largest absolute Gasteiger partial charge is 0.481 e. The van der Waals surface area contributed by atoms with Crippen LogP contribution >= 0.6 is 0 Å². The summed E-state index contributed by atoms with van der Waals surface area (Å²) < 4.78 is 0. The van der Waals surface area contributed by atoms with Gasteiger partial charge in [0, 0.05) is 0 Å². The summed E-state index contributed by atoms with van der Waals surface area (Å²) in [4.78, 5) is 10.3. The molecule has 0 aliphatic heterocycles. The highest BCUT2D eigenvalue weighted by atomic mass is 16.4. The van der Waals surface area contributed by atoms with Gasteiger partial charge in [-0.05, 0) is 18.3 Å². The maximum absolute atomic E-state index is 10.3. The van der Waals surface area contributed by atoms with E-state index in [1.807, 2.05) is 6.08 Å². The van der Waals surface area contributed by atoms with Crippen LogP contribution in [0, 0.1) is 17.8 Å². The molecule has 2 heteroatoms. The van der Waals surface area contributed by atoms with Crippen LogP contribution in [0.15, 0.2) is 12.2 Å². The molecule has 0 heterocycles. The highest BCUT2D eigenvalue weighted by Crippen LogP contribution is 2.53. The molecular formula is C7H8O2. The zero-order valence-electron chi connectivity index (χ0n) is 4.95. The van der Waals surface area contributed by atoms with Crippen LogP contribution in [0.2, 0.25) is 0 Å². The average Bonchev–Trinajstić information content (AvgIpc) is 2.30. The molecule has 1 N–H and O–H groups in total. The van der Waals surface area contributed by atoms with Gasteiger partial charge in [0.1, 0.15) is 0 Å². The zero-order chi connectivity index (χ0) is 6.43. The van der Waals surface area contributed by atoms with Crippen LogP contribution in [0.1, 0.15) is 6.42 Å². The van der Waals surface area contributed by atoms with Crippen molar-refractivity contribution in [1.29, 1.82) is 0 Å². The lowest BCUT2D eigenvalue weighted by Gasteiger charge is -1.88. The Morgan fingerprint density at radius 3 is 2.78 bits per heavy atom. The van der Waals surface area contributed by atoms with Crippen molar-refractivity contribution in [2.24, 2.45) is 17.8 Å². The van der Waals surface area contributed by atoms with Crippen LogP contribution in [0.3, 0.4) is 0 Å². The summed E-state index contributed by atoms with van der Waals surface area (Å²) in [6.07, 6.45) is 5.10. The number of carbonyl (C=O) groups is 1. The van der Waals surface area contributed by atoms with Gasteiger partial charge in [0.25, 0.3) is 0 Å². The fourth-order valence-corrected chi connectivity index (χ4v) is 1.71. The second kappa shape index (κ2) is 1.38. The van der Waals surface area contributed by atoms with Gasteiger partial charge in [0.2, 0.25) is 0 Å². The van der Waals surface area contributed by atoms with Crippen molar-refractivity contribution in [3.63, 3.8) is 0 Å². The molecule has 3 atom stereocenters. The first-order chi connectivity index (χ1) is 4.30. The summed E-state index contributed by atoms with van der Waals surface area (Å²) in [7, 11) is 0. The molecule has 0 bridgehead atoms. The van der Waals surface area contributed by atoms with Crippen LogP contribution in [-0.2, 0) is 4.79 Å². The molecule has 0 spiro atoms. The number of hydrogen-bond donors (Lipinski definition) is 1. The molecular weight excluding hydrogens is 116 g/mol. The second-order valence-corrected chi connectivity index (χ2v) is 2.77. The Bertz CT molecular complexity index is 183. The fraction of sp³-hybridized carbons (Fsp3) is 0.571. The third kappa shape index (κ3) is 0.530. The second-order valence-electron chi connectivity index (χ2n) is 2.77. The third-order valence-electron chi connectivity index (χ3n) is 2.28. The van der Waals surface area contributed by atoms with Gasteiger partial charge < -0.3 is 5.11 Å². The minimum absolute atomic E-state index is 0.0324. The summed E-state index contributed by atoms with van der Waals surface area (Å²) in [6.45, 7) is 0. The SMILES string of the molecule is O=C(O)[C@@H]1[C@@H]2C=CC[C@H]21. The summed E-state index contributed by atoms with van der Waals surface area (Å²) >= 11 is 0. The molecule has 1 saturated carbocycles. The lowest BCUT2D eigenvalue weighted by molar-refractivity contribution is -0.139. The van der Waals surface area contributed by atoms with E-state index >= 15 is 0 Å². The molecule has 0 aromatic heterocycles. The Kier molecular flexibility index (Phi) is 0.770. The molecule has 0 radical (unpaired) electrons. The van der Waals surface area contributed by atoms with Gasteiger partial charge in [0.05, 0.1) is 5.92 Å². The van der Waals surface area contributed by atoms with Crippen molar-refractivity contribution in [1.82, 2.24) is 0 Å². The highest BCUT2D eigenvalue weighted by Gasteiger charge is 2.54. The normalized spacial score (nSPS) is 44.7. The standard InChI is InChI=1S/C7H8O2/c8-7(9)6-4-2-1-3-5(4)6/h1-2,4-6H,3H2,(H,8,9)/t4-,5-,6-/m1/s1.